The minimum atomic E-state index is 0.380. The molecule has 0 unspecified atom stereocenters. The van der Waals surface area contributed by atoms with Crippen molar-refractivity contribution in [1.29, 1.82) is 0 Å². The third kappa shape index (κ3) is 2.51. The molecule has 3 saturated heterocycles. The minimum Gasteiger partial charge on any atom is -0.494 e. The van der Waals surface area contributed by atoms with Crippen LogP contribution in [0.4, 0.5) is 5.69 Å². The number of benzene rings is 1. The number of ether oxygens (including phenoxy) is 1. The third-order valence-corrected chi connectivity index (χ3v) is 4.80. The lowest BCUT2D eigenvalue weighted by molar-refractivity contribution is 0.192. The molecule has 3 aliphatic heterocycles. The number of piperidine rings is 1. The summed E-state index contributed by atoms with van der Waals surface area (Å²) < 4.78 is 5.54. The van der Waals surface area contributed by atoms with Crippen molar-refractivity contribution < 1.29 is 4.74 Å². The SMILES string of the molecule is CCOc1ccc(N2C[C@H]3CNC[C@@H]2C(C)(C)C3)cc1. The Labute approximate surface area is 122 Å². The number of rotatable bonds is 3. The normalized spacial score (nSPS) is 28.2. The van der Waals surface area contributed by atoms with Crippen LogP contribution in [0.3, 0.4) is 0 Å². The lowest BCUT2D eigenvalue weighted by Crippen LogP contribution is -2.53. The van der Waals surface area contributed by atoms with Crippen molar-refractivity contribution >= 4 is 5.69 Å². The standard InChI is InChI=1S/C17H26N2O/c1-4-20-15-7-5-14(6-8-15)19-12-13-9-17(2,3)16(19)11-18-10-13/h5-8,13,16,18H,4,9-12H2,1-3H3/t13-,16-/m1/s1. The summed E-state index contributed by atoms with van der Waals surface area (Å²) in [7, 11) is 0. The molecule has 20 heavy (non-hydrogen) atoms. The van der Waals surface area contributed by atoms with Gasteiger partial charge in [0.15, 0.2) is 0 Å². The second-order valence-corrected chi connectivity index (χ2v) is 6.81. The third-order valence-electron chi connectivity index (χ3n) is 4.80. The molecule has 2 atom stereocenters. The molecule has 3 heteroatoms. The van der Waals surface area contributed by atoms with Crippen molar-refractivity contribution in [3.05, 3.63) is 24.3 Å². The first kappa shape index (κ1) is 13.7. The fourth-order valence-corrected chi connectivity index (χ4v) is 3.91. The number of hydrogen-bond donors (Lipinski definition) is 1. The smallest absolute Gasteiger partial charge is 0.119 e. The van der Waals surface area contributed by atoms with Crippen molar-refractivity contribution in [2.75, 3.05) is 31.1 Å². The average molecular weight is 274 g/mol. The van der Waals surface area contributed by atoms with E-state index in [4.69, 9.17) is 4.74 Å². The zero-order valence-corrected chi connectivity index (χ0v) is 12.9. The number of fused-ring (bicyclic) bond motifs is 4. The number of anilines is 1. The van der Waals surface area contributed by atoms with Gasteiger partial charge in [-0.25, -0.2) is 0 Å². The summed E-state index contributed by atoms with van der Waals surface area (Å²) >= 11 is 0. The van der Waals surface area contributed by atoms with Gasteiger partial charge < -0.3 is 15.0 Å². The van der Waals surface area contributed by atoms with E-state index >= 15 is 0 Å². The highest BCUT2D eigenvalue weighted by Crippen LogP contribution is 2.41. The van der Waals surface area contributed by atoms with Gasteiger partial charge in [-0.15, -0.1) is 0 Å². The van der Waals surface area contributed by atoms with Gasteiger partial charge in [-0.2, -0.15) is 0 Å². The molecule has 1 aromatic carbocycles. The Balaban J connectivity index is 1.85. The van der Waals surface area contributed by atoms with Crippen molar-refractivity contribution in [1.82, 2.24) is 5.32 Å². The molecule has 0 saturated carbocycles. The van der Waals surface area contributed by atoms with Gasteiger partial charge in [0.2, 0.25) is 0 Å². The molecular formula is C17H26N2O. The summed E-state index contributed by atoms with van der Waals surface area (Å²) in [6.07, 6.45) is 1.33. The van der Waals surface area contributed by atoms with Crippen LogP contribution >= 0.6 is 0 Å². The number of hydrogen-bond acceptors (Lipinski definition) is 3. The van der Waals surface area contributed by atoms with Crippen LogP contribution in [0.2, 0.25) is 0 Å². The van der Waals surface area contributed by atoms with Crippen molar-refractivity contribution in [3.8, 4) is 5.75 Å². The number of nitrogens with zero attached hydrogens (tertiary/aromatic N) is 1. The first-order chi connectivity index (χ1) is 9.60. The van der Waals surface area contributed by atoms with E-state index in [2.05, 4.69) is 48.3 Å². The molecule has 4 rings (SSSR count). The summed E-state index contributed by atoms with van der Waals surface area (Å²) in [6.45, 7) is 11.0. The van der Waals surface area contributed by atoms with Gasteiger partial charge >= 0.3 is 0 Å². The highest BCUT2D eigenvalue weighted by Gasteiger charge is 2.43. The Kier molecular flexibility index (Phi) is 3.63. The monoisotopic (exact) mass is 274 g/mol. The molecule has 3 fully saturated rings. The van der Waals surface area contributed by atoms with Gasteiger partial charge in [-0.05, 0) is 55.5 Å². The molecule has 0 radical (unpaired) electrons. The largest absolute Gasteiger partial charge is 0.494 e. The van der Waals surface area contributed by atoms with E-state index < -0.39 is 0 Å². The molecule has 1 N–H and O–H groups in total. The summed E-state index contributed by atoms with van der Waals surface area (Å²) in [5.74, 6) is 1.73. The zero-order chi connectivity index (χ0) is 14.2. The maximum Gasteiger partial charge on any atom is 0.119 e. The van der Waals surface area contributed by atoms with E-state index in [1.807, 2.05) is 6.92 Å². The van der Waals surface area contributed by atoms with Gasteiger partial charge in [-0.3, -0.25) is 0 Å². The molecule has 3 nitrogen and oxygen atoms in total. The second kappa shape index (κ2) is 5.28. The molecule has 110 valence electrons. The van der Waals surface area contributed by atoms with Crippen LogP contribution < -0.4 is 15.0 Å². The summed E-state index contributed by atoms with van der Waals surface area (Å²) in [6, 6.07) is 9.19. The Hall–Kier alpha value is -1.22. The van der Waals surface area contributed by atoms with Crippen molar-refractivity contribution in [2.24, 2.45) is 11.3 Å². The summed E-state index contributed by atoms with van der Waals surface area (Å²) in [5.41, 5.74) is 1.71. The predicted molar refractivity (Wildman–Crippen MR) is 83.5 cm³/mol. The lowest BCUT2D eigenvalue weighted by Gasteiger charge is -2.48. The van der Waals surface area contributed by atoms with Gasteiger partial charge in [0.05, 0.1) is 6.61 Å². The molecule has 3 heterocycles. The van der Waals surface area contributed by atoms with Crippen LogP contribution in [0.5, 0.6) is 5.75 Å². The average Bonchev–Trinajstić information content (AvgIpc) is 2.70. The summed E-state index contributed by atoms with van der Waals surface area (Å²) in [4.78, 5) is 2.60. The lowest BCUT2D eigenvalue weighted by atomic mass is 9.73. The van der Waals surface area contributed by atoms with Crippen LogP contribution in [0, 0.1) is 11.3 Å². The fraction of sp³-hybridized carbons (Fsp3) is 0.647. The molecule has 0 amide bonds. The topological polar surface area (TPSA) is 24.5 Å². The van der Waals surface area contributed by atoms with Gasteiger partial charge in [0.25, 0.3) is 0 Å². The maximum atomic E-state index is 5.54. The molecule has 0 aliphatic carbocycles. The van der Waals surface area contributed by atoms with E-state index in [-0.39, 0.29) is 0 Å². The van der Waals surface area contributed by atoms with E-state index in [0.29, 0.717) is 11.5 Å². The molecule has 2 bridgehead atoms. The van der Waals surface area contributed by atoms with Crippen molar-refractivity contribution in [3.63, 3.8) is 0 Å². The molecule has 1 aromatic rings. The van der Waals surface area contributed by atoms with Gasteiger partial charge in [0.1, 0.15) is 5.75 Å². The number of nitrogens with one attached hydrogen (secondary N) is 1. The Morgan fingerprint density at radius 2 is 2.00 bits per heavy atom. The molecule has 0 spiro atoms. The summed E-state index contributed by atoms with van der Waals surface area (Å²) in [5, 5.41) is 3.63. The van der Waals surface area contributed by atoms with Crippen LogP contribution in [-0.4, -0.2) is 32.3 Å². The van der Waals surface area contributed by atoms with E-state index in [1.165, 1.54) is 18.7 Å². The van der Waals surface area contributed by atoms with Crippen LogP contribution in [-0.2, 0) is 0 Å². The Morgan fingerprint density at radius 3 is 2.70 bits per heavy atom. The van der Waals surface area contributed by atoms with Gasteiger partial charge in [-0.1, -0.05) is 13.8 Å². The first-order valence-corrected chi connectivity index (χ1v) is 7.80. The van der Waals surface area contributed by atoms with Crippen LogP contribution in [0.1, 0.15) is 27.2 Å². The Bertz CT molecular complexity index is 455. The van der Waals surface area contributed by atoms with Gasteiger partial charge in [0, 0.05) is 24.8 Å². The van der Waals surface area contributed by atoms with E-state index in [9.17, 15) is 0 Å². The molecule has 3 aliphatic rings. The predicted octanol–water partition coefficient (Wildman–Crippen LogP) is 2.91. The van der Waals surface area contributed by atoms with E-state index in [0.717, 1.165) is 31.4 Å². The van der Waals surface area contributed by atoms with E-state index in [1.54, 1.807) is 0 Å². The van der Waals surface area contributed by atoms with Crippen LogP contribution in [0.25, 0.3) is 0 Å². The zero-order valence-electron chi connectivity index (χ0n) is 12.9. The van der Waals surface area contributed by atoms with Crippen LogP contribution in [0.15, 0.2) is 24.3 Å². The fourth-order valence-electron chi connectivity index (χ4n) is 3.91. The maximum absolute atomic E-state index is 5.54. The quantitative estimate of drug-likeness (QED) is 0.917. The highest BCUT2D eigenvalue weighted by atomic mass is 16.5. The molecule has 0 aromatic heterocycles. The Morgan fingerprint density at radius 1 is 1.25 bits per heavy atom. The highest BCUT2D eigenvalue weighted by molar-refractivity contribution is 5.51. The minimum absolute atomic E-state index is 0.380. The second-order valence-electron chi connectivity index (χ2n) is 6.81. The first-order valence-electron chi connectivity index (χ1n) is 7.80. The molecular weight excluding hydrogens is 248 g/mol. The van der Waals surface area contributed by atoms with Crippen molar-refractivity contribution in [2.45, 2.75) is 33.2 Å².